The lowest BCUT2D eigenvalue weighted by Crippen LogP contribution is -2.54. The number of hydrogen-bond acceptors (Lipinski definition) is 3. The van der Waals surface area contributed by atoms with Crippen LogP contribution in [0.2, 0.25) is 0 Å². The van der Waals surface area contributed by atoms with Gasteiger partial charge in [-0.05, 0) is 24.0 Å². The number of fused-ring (bicyclic) bond motifs is 1. The van der Waals surface area contributed by atoms with Gasteiger partial charge in [-0.2, -0.15) is 30.6 Å². The van der Waals surface area contributed by atoms with E-state index >= 15 is 0 Å². The third kappa shape index (κ3) is 4.23. The second-order valence-electron chi connectivity index (χ2n) is 5.48. The Kier molecular flexibility index (Phi) is 5.34. The monoisotopic (exact) mass is 352 g/mol. The van der Waals surface area contributed by atoms with E-state index in [9.17, 15) is 26.7 Å². The van der Waals surface area contributed by atoms with Gasteiger partial charge in [-0.15, -0.1) is 0 Å². The fraction of sp³-hybridized carbons (Fsp3) is 0.571. The van der Waals surface area contributed by atoms with Gasteiger partial charge in [0, 0.05) is 13.1 Å². The molecule has 23 heavy (non-hydrogen) atoms. The highest BCUT2D eigenvalue weighted by molar-refractivity contribution is 7.87. The van der Waals surface area contributed by atoms with Crippen LogP contribution in [0.25, 0.3) is 0 Å². The van der Waals surface area contributed by atoms with E-state index in [2.05, 4.69) is 0 Å². The van der Waals surface area contributed by atoms with E-state index in [-0.39, 0.29) is 19.5 Å². The average molecular weight is 352 g/mol. The summed E-state index contributed by atoms with van der Waals surface area (Å²) in [5, 5.41) is 9.29. The topological polar surface area (TPSA) is 69.6 Å². The van der Waals surface area contributed by atoms with Gasteiger partial charge in [-0.25, -0.2) is 0 Å². The fourth-order valence-electron chi connectivity index (χ4n) is 2.54. The zero-order valence-electron chi connectivity index (χ0n) is 12.5. The summed E-state index contributed by atoms with van der Waals surface area (Å²) in [6, 6.07) is 5.71. The quantitative estimate of drug-likeness (QED) is 0.845. The van der Waals surface area contributed by atoms with Gasteiger partial charge >= 0.3 is 6.18 Å². The van der Waals surface area contributed by atoms with Crippen molar-refractivity contribution in [3.63, 3.8) is 0 Å². The van der Waals surface area contributed by atoms with E-state index in [1.54, 1.807) is 12.1 Å². The zero-order chi connectivity index (χ0) is 17.3. The predicted molar refractivity (Wildman–Crippen MR) is 78.8 cm³/mol. The minimum Gasteiger partial charge on any atom is -0.382 e. The molecule has 0 saturated heterocycles. The van der Waals surface area contributed by atoms with E-state index in [0.29, 0.717) is 6.42 Å². The van der Waals surface area contributed by atoms with Gasteiger partial charge in [0.2, 0.25) is 0 Å². The molecule has 1 aromatic carbocycles. The van der Waals surface area contributed by atoms with E-state index in [4.69, 9.17) is 0 Å². The van der Waals surface area contributed by atoms with Crippen LogP contribution >= 0.6 is 0 Å². The molecular weight excluding hydrogens is 333 g/mol. The Bertz CT molecular complexity index is 649. The molecule has 2 N–H and O–H groups in total. The van der Waals surface area contributed by atoms with E-state index < -0.39 is 28.5 Å². The van der Waals surface area contributed by atoms with Crippen LogP contribution in [0.1, 0.15) is 24.5 Å². The van der Waals surface area contributed by atoms with Crippen LogP contribution in [0.3, 0.4) is 0 Å². The van der Waals surface area contributed by atoms with Crippen molar-refractivity contribution in [1.82, 2.24) is 9.03 Å². The number of nitrogens with one attached hydrogen (secondary N) is 1. The third-order valence-corrected chi connectivity index (χ3v) is 5.48. The minimum atomic E-state index is -4.88. The first-order valence-electron chi connectivity index (χ1n) is 7.24. The zero-order valence-corrected chi connectivity index (χ0v) is 13.4. The summed E-state index contributed by atoms with van der Waals surface area (Å²) in [7, 11) is -4.12. The van der Waals surface area contributed by atoms with Crippen LogP contribution in [-0.4, -0.2) is 42.7 Å². The number of benzene rings is 1. The molecule has 2 unspecified atom stereocenters. The molecule has 0 amide bonds. The smallest absolute Gasteiger partial charge is 0.382 e. The molecule has 2 atom stereocenters. The largest absolute Gasteiger partial charge is 0.415 e. The van der Waals surface area contributed by atoms with Crippen molar-refractivity contribution >= 4 is 10.2 Å². The lowest BCUT2D eigenvalue weighted by molar-refractivity contribution is -0.210. The number of aliphatic hydroxyl groups excluding tert-OH is 1. The third-order valence-electron chi connectivity index (χ3n) is 3.89. The molecule has 9 heteroatoms. The number of hydrogen-bond donors (Lipinski definition) is 2. The molecule has 1 aliphatic heterocycles. The lowest BCUT2D eigenvalue weighted by Gasteiger charge is -2.31. The van der Waals surface area contributed by atoms with Crippen LogP contribution in [0.5, 0.6) is 0 Å². The predicted octanol–water partition coefficient (Wildman–Crippen LogP) is 1.58. The number of nitrogens with zero attached hydrogens (tertiary/aromatic N) is 1. The molecule has 1 aromatic rings. The Morgan fingerprint density at radius 2 is 1.91 bits per heavy atom. The van der Waals surface area contributed by atoms with Crippen molar-refractivity contribution in [1.29, 1.82) is 0 Å². The van der Waals surface area contributed by atoms with Gasteiger partial charge in [-0.3, -0.25) is 0 Å². The van der Waals surface area contributed by atoms with Crippen molar-refractivity contribution in [3.8, 4) is 0 Å². The van der Waals surface area contributed by atoms with Crippen LogP contribution in [-0.2, 0) is 23.2 Å². The fourth-order valence-corrected chi connectivity index (χ4v) is 4.01. The molecule has 0 spiro atoms. The molecule has 130 valence electrons. The van der Waals surface area contributed by atoms with E-state index in [1.165, 1.54) is 6.92 Å². The van der Waals surface area contributed by atoms with Crippen molar-refractivity contribution in [3.05, 3.63) is 35.4 Å². The Morgan fingerprint density at radius 3 is 2.48 bits per heavy atom. The molecule has 1 aliphatic rings. The van der Waals surface area contributed by atoms with Crippen molar-refractivity contribution in [2.75, 3.05) is 6.54 Å². The first-order chi connectivity index (χ1) is 10.6. The van der Waals surface area contributed by atoms with Gasteiger partial charge in [0.1, 0.15) is 0 Å². The lowest BCUT2D eigenvalue weighted by atomic mass is 10.0. The number of aliphatic hydroxyl groups is 1. The highest BCUT2D eigenvalue weighted by Crippen LogP contribution is 2.25. The molecule has 0 bridgehead atoms. The molecule has 0 saturated carbocycles. The standard InChI is InChI=1S/C14H19F3N2O3S/c1-2-12(13(20)14(15,16)17)18-23(21,22)19-8-7-10-5-3-4-6-11(10)9-19/h3-6,12-13,18,20H,2,7-9H2,1H3. The molecular formula is C14H19F3N2O3S. The molecule has 2 rings (SSSR count). The van der Waals surface area contributed by atoms with Crippen LogP contribution < -0.4 is 4.72 Å². The second-order valence-corrected chi connectivity index (χ2v) is 7.18. The first kappa shape index (κ1) is 18.2. The van der Waals surface area contributed by atoms with Gasteiger partial charge < -0.3 is 5.11 Å². The highest BCUT2D eigenvalue weighted by atomic mass is 32.2. The molecule has 0 radical (unpaired) electrons. The second kappa shape index (κ2) is 6.76. The maximum absolute atomic E-state index is 12.6. The SMILES string of the molecule is CCC(NS(=O)(=O)N1CCc2ccccc2C1)C(O)C(F)(F)F. The van der Waals surface area contributed by atoms with Crippen LogP contribution in [0.4, 0.5) is 13.2 Å². The normalized spacial score (nSPS) is 19.2. The van der Waals surface area contributed by atoms with Crippen LogP contribution in [0.15, 0.2) is 24.3 Å². The summed E-state index contributed by atoms with van der Waals surface area (Å²) in [6.07, 6.45) is -7.29. The maximum atomic E-state index is 12.6. The van der Waals surface area contributed by atoms with Crippen molar-refractivity contribution in [2.24, 2.45) is 0 Å². The summed E-state index contributed by atoms with van der Waals surface area (Å²) in [5.74, 6) is 0. The van der Waals surface area contributed by atoms with Gasteiger partial charge in [-0.1, -0.05) is 31.2 Å². The van der Waals surface area contributed by atoms with Gasteiger partial charge in [0.25, 0.3) is 10.2 Å². The summed E-state index contributed by atoms with van der Waals surface area (Å²) >= 11 is 0. The maximum Gasteiger partial charge on any atom is 0.415 e. The van der Waals surface area contributed by atoms with Crippen molar-refractivity contribution in [2.45, 2.75) is 44.6 Å². The first-order valence-corrected chi connectivity index (χ1v) is 8.68. The minimum absolute atomic E-state index is 0.101. The van der Waals surface area contributed by atoms with Gasteiger partial charge in [0.15, 0.2) is 6.10 Å². The summed E-state index contributed by atoms with van der Waals surface area (Å²) in [5.41, 5.74) is 1.86. The molecule has 1 heterocycles. The average Bonchev–Trinajstić information content (AvgIpc) is 2.50. The summed E-state index contributed by atoms with van der Waals surface area (Å²) in [4.78, 5) is 0. The Hall–Kier alpha value is -1.16. The molecule has 5 nitrogen and oxygen atoms in total. The highest BCUT2D eigenvalue weighted by Gasteiger charge is 2.44. The number of rotatable bonds is 5. The van der Waals surface area contributed by atoms with Gasteiger partial charge in [0.05, 0.1) is 6.04 Å². The van der Waals surface area contributed by atoms with E-state index in [1.807, 2.05) is 16.9 Å². The Balaban J connectivity index is 2.13. The van der Waals surface area contributed by atoms with Crippen LogP contribution in [0, 0.1) is 0 Å². The molecule has 0 fully saturated rings. The summed E-state index contributed by atoms with van der Waals surface area (Å²) in [6.45, 7) is 1.67. The van der Waals surface area contributed by atoms with E-state index in [0.717, 1.165) is 15.4 Å². The van der Waals surface area contributed by atoms with Crippen molar-refractivity contribution < 1.29 is 26.7 Å². The summed E-state index contributed by atoms with van der Waals surface area (Å²) < 4.78 is 65.5. The molecule has 0 aliphatic carbocycles. The Morgan fingerprint density at radius 1 is 1.30 bits per heavy atom. The Labute approximate surface area is 133 Å². The number of halogens is 3. The molecule has 0 aromatic heterocycles. The number of alkyl halides is 3.